The molecule has 3 rings (SSSR count). The van der Waals surface area contributed by atoms with Gasteiger partial charge in [0, 0.05) is 6.07 Å². The van der Waals surface area contributed by atoms with Crippen molar-refractivity contribution in [2.24, 2.45) is 0 Å². The largest absolute Gasteiger partial charge is 0.422 e. The molecule has 0 fully saturated rings. The van der Waals surface area contributed by atoms with Gasteiger partial charge in [0.15, 0.2) is 0 Å². The molecule has 3 aromatic carbocycles. The molecule has 0 aliphatic carbocycles. The SMILES string of the molecule is O=C(Oc1[c]cc2ccccc2c1)c1ccccc1. The van der Waals surface area contributed by atoms with Crippen LogP contribution < -0.4 is 4.74 Å². The second-order valence-corrected chi connectivity index (χ2v) is 4.18. The van der Waals surface area contributed by atoms with E-state index in [2.05, 4.69) is 6.07 Å². The first kappa shape index (κ1) is 11.5. The molecule has 0 atom stereocenters. The van der Waals surface area contributed by atoms with E-state index in [0.29, 0.717) is 11.3 Å². The van der Waals surface area contributed by atoms with E-state index in [0.717, 1.165) is 10.8 Å². The van der Waals surface area contributed by atoms with Crippen molar-refractivity contribution in [3.63, 3.8) is 0 Å². The van der Waals surface area contributed by atoms with Crippen LogP contribution in [0, 0.1) is 6.07 Å². The molecule has 91 valence electrons. The first-order valence-corrected chi connectivity index (χ1v) is 6.01. The molecule has 0 bridgehead atoms. The Hall–Kier alpha value is -2.61. The topological polar surface area (TPSA) is 26.3 Å². The highest BCUT2D eigenvalue weighted by molar-refractivity contribution is 5.92. The summed E-state index contributed by atoms with van der Waals surface area (Å²) in [6, 6.07) is 23.4. The summed E-state index contributed by atoms with van der Waals surface area (Å²) in [6.07, 6.45) is 0. The minimum absolute atomic E-state index is 0.368. The third kappa shape index (κ3) is 2.47. The normalized spacial score (nSPS) is 10.3. The van der Waals surface area contributed by atoms with E-state index in [1.165, 1.54) is 0 Å². The fraction of sp³-hybridized carbons (Fsp3) is 0. The van der Waals surface area contributed by atoms with E-state index in [9.17, 15) is 4.79 Å². The van der Waals surface area contributed by atoms with Gasteiger partial charge < -0.3 is 4.74 Å². The molecule has 0 heterocycles. The van der Waals surface area contributed by atoms with Crippen molar-refractivity contribution in [1.29, 1.82) is 0 Å². The van der Waals surface area contributed by atoms with Gasteiger partial charge in [0.05, 0.1) is 5.56 Å². The molecule has 1 radical (unpaired) electrons. The Morgan fingerprint density at radius 1 is 0.895 bits per heavy atom. The predicted octanol–water partition coefficient (Wildman–Crippen LogP) is 3.86. The van der Waals surface area contributed by atoms with Crippen molar-refractivity contribution in [2.75, 3.05) is 0 Å². The molecule has 0 aromatic heterocycles. The Morgan fingerprint density at radius 2 is 1.58 bits per heavy atom. The number of carbonyl (C=O) groups is 1. The number of benzene rings is 3. The van der Waals surface area contributed by atoms with E-state index >= 15 is 0 Å². The molecule has 2 heteroatoms. The lowest BCUT2D eigenvalue weighted by Gasteiger charge is -2.05. The molecule has 0 saturated carbocycles. The lowest BCUT2D eigenvalue weighted by atomic mass is 10.1. The molecule has 0 aliphatic heterocycles. The number of fused-ring (bicyclic) bond motifs is 1. The Balaban J connectivity index is 1.87. The molecular weight excluding hydrogens is 236 g/mol. The number of hydrogen-bond donors (Lipinski definition) is 0. The Bertz CT molecular complexity index is 717. The zero-order valence-electron chi connectivity index (χ0n) is 10.2. The van der Waals surface area contributed by atoms with Crippen LogP contribution in [0.3, 0.4) is 0 Å². The summed E-state index contributed by atoms with van der Waals surface area (Å²) in [5.74, 6) is 0.0692. The van der Waals surface area contributed by atoms with Crippen LogP contribution in [0.25, 0.3) is 10.8 Å². The van der Waals surface area contributed by atoms with E-state index in [4.69, 9.17) is 4.74 Å². The average Bonchev–Trinajstić information content (AvgIpc) is 2.48. The molecule has 0 amide bonds. The lowest BCUT2D eigenvalue weighted by Crippen LogP contribution is -2.08. The second kappa shape index (κ2) is 4.94. The van der Waals surface area contributed by atoms with Crippen LogP contribution in [0.1, 0.15) is 10.4 Å². The molecule has 2 nitrogen and oxygen atoms in total. The smallest absolute Gasteiger partial charge is 0.343 e. The van der Waals surface area contributed by atoms with Crippen LogP contribution in [0.5, 0.6) is 5.75 Å². The van der Waals surface area contributed by atoms with Gasteiger partial charge in [-0.1, -0.05) is 42.5 Å². The van der Waals surface area contributed by atoms with Crippen LogP contribution in [0.4, 0.5) is 0 Å². The van der Waals surface area contributed by atoms with E-state index < -0.39 is 0 Å². The van der Waals surface area contributed by atoms with Gasteiger partial charge >= 0.3 is 5.97 Å². The van der Waals surface area contributed by atoms with Gasteiger partial charge in [-0.2, -0.15) is 0 Å². The molecule has 0 spiro atoms. The number of rotatable bonds is 2. The summed E-state index contributed by atoms with van der Waals surface area (Å²) in [5, 5.41) is 2.10. The Morgan fingerprint density at radius 3 is 2.37 bits per heavy atom. The predicted molar refractivity (Wildman–Crippen MR) is 74.2 cm³/mol. The van der Waals surface area contributed by atoms with Crippen LogP contribution >= 0.6 is 0 Å². The second-order valence-electron chi connectivity index (χ2n) is 4.18. The first-order valence-electron chi connectivity index (χ1n) is 6.01. The van der Waals surface area contributed by atoms with Gasteiger partial charge in [-0.15, -0.1) is 0 Å². The molecule has 19 heavy (non-hydrogen) atoms. The maximum atomic E-state index is 11.9. The highest BCUT2D eigenvalue weighted by Crippen LogP contribution is 2.20. The van der Waals surface area contributed by atoms with Gasteiger partial charge in [-0.3, -0.25) is 0 Å². The fourth-order valence-electron chi connectivity index (χ4n) is 1.90. The quantitative estimate of drug-likeness (QED) is 0.507. The number of carbonyl (C=O) groups excluding carboxylic acids is 1. The standard InChI is InChI=1S/C17H11O2/c18-17(14-7-2-1-3-8-14)19-16-11-10-13-6-4-5-9-15(13)12-16/h1-10,12H. The van der Waals surface area contributed by atoms with Crippen molar-refractivity contribution in [3.8, 4) is 5.75 Å². The van der Waals surface area contributed by atoms with Crippen LogP contribution in [-0.4, -0.2) is 5.97 Å². The van der Waals surface area contributed by atoms with Crippen molar-refractivity contribution < 1.29 is 9.53 Å². The number of ether oxygens (including phenoxy) is 1. The third-order valence-corrected chi connectivity index (χ3v) is 2.86. The van der Waals surface area contributed by atoms with Crippen molar-refractivity contribution in [3.05, 3.63) is 78.4 Å². The van der Waals surface area contributed by atoms with Gasteiger partial charge in [0.1, 0.15) is 5.75 Å². The minimum Gasteiger partial charge on any atom is -0.422 e. The molecule has 0 aliphatic rings. The number of hydrogen-bond acceptors (Lipinski definition) is 2. The average molecular weight is 247 g/mol. The van der Waals surface area contributed by atoms with Crippen LogP contribution in [0.2, 0.25) is 0 Å². The maximum absolute atomic E-state index is 11.9. The summed E-state index contributed by atoms with van der Waals surface area (Å²) in [4.78, 5) is 11.9. The van der Waals surface area contributed by atoms with Gasteiger partial charge in [-0.25, -0.2) is 4.79 Å². The Kier molecular flexibility index (Phi) is 2.99. The third-order valence-electron chi connectivity index (χ3n) is 2.86. The highest BCUT2D eigenvalue weighted by Gasteiger charge is 2.08. The van der Waals surface area contributed by atoms with Crippen LogP contribution in [-0.2, 0) is 0 Å². The summed E-state index contributed by atoms with van der Waals surface area (Å²) in [6.45, 7) is 0. The first-order chi connectivity index (χ1) is 9.33. The van der Waals surface area contributed by atoms with E-state index in [1.54, 1.807) is 24.3 Å². The van der Waals surface area contributed by atoms with E-state index in [-0.39, 0.29) is 5.97 Å². The van der Waals surface area contributed by atoms with E-state index in [1.807, 2.05) is 42.5 Å². The van der Waals surface area contributed by atoms with Crippen LogP contribution in [0.15, 0.2) is 66.7 Å². The lowest BCUT2D eigenvalue weighted by molar-refractivity contribution is 0.0734. The zero-order valence-corrected chi connectivity index (χ0v) is 10.2. The van der Waals surface area contributed by atoms with Gasteiger partial charge in [-0.05, 0) is 35.0 Å². The minimum atomic E-state index is -0.368. The molecule has 0 N–H and O–H groups in total. The van der Waals surface area contributed by atoms with Crippen molar-refractivity contribution in [2.45, 2.75) is 0 Å². The summed E-state index contributed by atoms with van der Waals surface area (Å²) in [5.41, 5.74) is 0.532. The Labute approximate surface area is 111 Å². The molecular formula is C17H11O2. The summed E-state index contributed by atoms with van der Waals surface area (Å²) < 4.78 is 5.31. The number of esters is 1. The maximum Gasteiger partial charge on any atom is 0.343 e. The molecule has 0 saturated heterocycles. The zero-order chi connectivity index (χ0) is 13.1. The molecule has 0 unspecified atom stereocenters. The van der Waals surface area contributed by atoms with Gasteiger partial charge in [0.2, 0.25) is 0 Å². The van der Waals surface area contributed by atoms with Crippen molar-refractivity contribution in [1.82, 2.24) is 0 Å². The van der Waals surface area contributed by atoms with Crippen molar-refractivity contribution >= 4 is 16.7 Å². The summed E-state index contributed by atoms with van der Waals surface area (Å²) >= 11 is 0. The fourth-order valence-corrected chi connectivity index (χ4v) is 1.90. The summed E-state index contributed by atoms with van der Waals surface area (Å²) in [7, 11) is 0. The highest BCUT2D eigenvalue weighted by atomic mass is 16.5. The van der Waals surface area contributed by atoms with Gasteiger partial charge in [0.25, 0.3) is 0 Å². The monoisotopic (exact) mass is 247 g/mol. The molecule has 3 aromatic rings.